The molecule has 0 spiro atoms. The van der Waals surface area contributed by atoms with E-state index in [0.717, 1.165) is 0 Å². The van der Waals surface area contributed by atoms with Gasteiger partial charge in [0.15, 0.2) is 11.5 Å². The third-order valence-corrected chi connectivity index (χ3v) is 4.24. The van der Waals surface area contributed by atoms with Crippen LogP contribution in [0.3, 0.4) is 0 Å². The maximum atomic E-state index is 11.9. The summed E-state index contributed by atoms with van der Waals surface area (Å²) in [5.41, 5.74) is 1.18. The van der Waals surface area contributed by atoms with Crippen LogP contribution in [0.4, 0.5) is 0 Å². The van der Waals surface area contributed by atoms with Gasteiger partial charge in [0, 0.05) is 5.56 Å². The minimum absolute atomic E-state index is 0.174. The van der Waals surface area contributed by atoms with Gasteiger partial charge in [-0.2, -0.15) is 0 Å². The summed E-state index contributed by atoms with van der Waals surface area (Å²) in [5, 5.41) is 0. The smallest absolute Gasteiger partial charge is 0.264 e. The minimum Gasteiger partial charge on any atom is -0.493 e. The fourth-order valence-electron chi connectivity index (χ4n) is 1.93. The zero-order valence-electron chi connectivity index (χ0n) is 12.1. The molecule has 0 aliphatic rings. The molecule has 0 unspecified atom stereocenters. The zero-order chi connectivity index (χ0) is 15.6. The Morgan fingerprint density at radius 1 is 1.10 bits per heavy atom. The SMILES string of the molecule is COc1cc(-c2nc(C)c(I)c(=O)[nH]2)cc(OC)c1OC. The molecule has 21 heavy (non-hydrogen) atoms. The molecule has 0 amide bonds. The van der Waals surface area contributed by atoms with Crippen LogP contribution >= 0.6 is 22.6 Å². The summed E-state index contributed by atoms with van der Waals surface area (Å²) < 4.78 is 16.4. The summed E-state index contributed by atoms with van der Waals surface area (Å²) in [4.78, 5) is 19.0. The Morgan fingerprint density at radius 2 is 1.67 bits per heavy atom. The van der Waals surface area contributed by atoms with Crippen molar-refractivity contribution in [2.24, 2.45) is 0 Å². The van der Waals surface area contributed by atoms with Crippen LogP contribution in [0.25, 0.3) is 11.4 Å². The van der Waals surface area contributed by atoms with E-state index < -0.39 is 0 Å². The monoisotopic (exact) mass is 402 g/mol. The first kappa shape index (κ1) is 15.6. The molecule has 0 fully saturated rings. The quantitative estimate of drug-likeness (QED) is 0.796. The zero-order valence-corrected chi connectivity index (χ0v) is 14.3. The van der Waals surface area contributed by atoms with Crippen molar-refractivity contribution in [2.75, 3.05) is 21.3 Å². The molecule has 0 aliphatic heterocycles. The number of halogens is 1. The van der Waals surface area contributed by atoms with E-state index in [1.807, 2.05) is 22.6 Å². The van der Waals surface area contributed by atoms with Gasteiger partial charge in [-0.15, -0.1) is 0 Å². The van der Waals surface area contributed by atoms with Crippen LogP contribution in [-0.4, -0.2) is 31.3 Å². The molecule has 0 aliphatic carbocycles. The topological polar surface area (TPSA) is 73.4 Å². The van der Waals surface area contributed by atoms with E-state index in [2.05, 4.69) is 9.97 Å². The highest BCUT2D eigenvalue weighted by Gasteiger charge is 2.16. The summed E-state index contributed by atoms with van der Waals surface area (Å²) in [7, 11) is 4.61. The number of benzene rings is 1. The van der Waals surface area contributed by atoms with E-state index >= 15 is 0 Å². The summed E-state index contributed by atoms with van der Waals surface area (Å²) in [6.07, 6.45) is 0. The first-order chi connectivity index (χ1) is 10.0. The van der Waals surface area contributed by atoms with Crippen LogP contribution in [0.5, 0.6) is 17.2 Å². The van der Waals surface area contributed by atoms with E-state index in [1.165, 1.54) is 21.3 Å². The Kier molecular flexibility index (Phi) is 4.71. The van der Waals surface area contributed by atoms with Gasteiger partial charge in [-0.1, -0.05) is 0 Å². The molecule has 0 saturated heterocycles. The molecule has 1 aromatic heterocycles. The number of rotatable bonds is 4. The van der Waals surface area contributed by atoms with E-state index in [0.29, 0.717) is 37.9 Å². The molecular weight excluding hydrogens is 387 g/mol. The first-order valence-electron chi connectivity index (χ1n) is 6.08. The Bertz CT molecular complexity index is 702. The maximum Gasteiger partial charge on any atom is 0.264 e. The van der Waals surface area contributed by atoms with Crippen molar-refractivity contribution >= 4 is 22.6 Å². The number of H-pyrrole nitrogens is 1. The van der Waals surface area contributed by atoms with Crippen LogP contribution in [0, 0.1) is 10.5 Å². The number of hydrogen-bond donors (Lipinski definition) is 1. The molecule has 0 saturated carbocycles. The minimum atomic E-state index is -0.174. The van der Waals surface area contributed by atoms with Gasteiger partial charge in [-0.05, 0) is 41.6 Å². The highest BCUT2D eigenvalue weighted by molar-refractivity contribution is 14.1. The van der Waals surface area contributed by atoms with Gasteiger partial charge in [0.05, 0.1) is 30.6 Å². The van der Waals surface area contributed by atoms with Crippen molar-refractivity contribution in [3.8, 4) is 28.6 Å². The number of methoxy groups -OCH3 is 3. The molecule has 6 nitrogen and oxygen atoms in total. The van der Waals surface area contributed by atoms with E-state index in [9.17, 15) is 4.79 Å². The summed E-state index contributed by atoms with van der Waals surface area (Å²) in [6, 6.07) is 3.48. The van der Waals surface area contributed by atoms with Gasteiger partial charge in [-0.25, -0.2) is 4.98 Å². The van der Waals surface area contributed by atoms with Gasteiger partial charge >= 0.3 is 0 Å². The molecule has 112 valence electrons. The lowest BCUT2D eigenvalue weighted by Gasteiger charge is -2.14. The van der Waals surface area contributed by atoms with Gasteiger partial charge in [0.2, 0.25) is 5.75 Å². The van der Waals surface area contributed by atoms with Crippen molar-refractivity contribution < 1.29 is 14.2 Å². The average Bonchev–Trinajstić information content (AvgIpc) is 2.50. The van der Waals surface area contributed by atoms with Crippen LogP contribution in [0.2, 0.25) is 0 Å². The van der Waals surface area contributed by atoms with E-state index in [-0.39, 0.29) is 5.56 Å². The lowest BCUT2D eigenvalue weighted by Crippen LogP contribution is -2.14. The molecule has 1 N–H and O–H groups in total. The van der Waals surface area contributed by atoms with Crippen LogP contribution in [0.15, 0.2) is 16.9 Å². The van der Waals surface area contributed by atoms with Crippen molar-refractivity contribution in [3.05, 3.63) is 31.8 Å². The molecule has 0 bridgehead atoms. The number of aromatic nitrogens is 2. The number of nitrogens with one attached hydrogen (secondary N) is 1. The molecule has 0 atom stereocenters. The van der Waals surface area contributed by atoms with Crippen LogP contribution in [-0.2, 0) is 0 Å². The molecular formula is C14H15IN2O4. The van der Waals surface area contributed by atoms with Crippen molar-refractivity contribution in [3.63, 3.8) is 0 Å². The van der Waals surface area contributed by atoms with Crippen LogP contribution < -0.4 is 19.8 Å². The summed E-state index contributed by atoms with van der Waals surface area (Å²) in [6.45, 7) is 1.79. The molecule has 2 aromatic rings. The second kappa shape index (κ2) is 6.33. The Hall–Kier alpha value is -1.77. The first-order valence-corrected chi connectivity index (χ1v) is 7.16. The third-order valence-electron chi connectivity index (χ3n) is 2.97. The summed E-state index contributed by atoms with van der Waals surface area (Å²) in [5.74, 6) is 1.96. The highest BCUT2D eigenvalue weighted by atomic mass is 127. The van der Waals surface area contributed by atoms with Gasteiger partial charge < -0.3 is 19.2 Å². The molecule has 2 rings (SSSR count). The van der Waals surface area contributed by atoms with Crippen molar-refractivity contribution in [1.29, 1.82) is 0 Å². The molecule has 1 aromatic carbocycles. The summed E-state index contributed by atoms with van der Waals surface area (Å²) >= 11 is 1.97. The number of nitrogens with zero attached hydrogens (tertiary/aromatic N) is 1. The van der Waals surface area contributed by atoms with Gasteiger partial charge in [0.25, 0.3) is 5.56 Å². The Morgan fingerprint density at radius 3 is 2.10 bits per heavy atom. The van der Waals surface area contributed by atoms with E-state index in [4.69, 9.17) is 14.2 Å². The number of aromatic amines is 1. The lowest BCUT2D eigenvalue weighted by molar-refractivity contribution is 0.324. The number of hydrogen-bond acceptors (Lipinski definition) is 5. The Balaban J connectivity index is 2.67. The van der Waals surface area contributed by atoms with Gasteiger partial charge in [0.1, 0.15) is 5.82 Å². The number of ether oxygens (including phenoxy) is 3. The van der Waals surface area contributed by atoms with E-state index in [1.54, 1.807) is 19.1 Å². The van der Waals surface area contributed by atoms with Gasteiger partial charge in [-0.3, -0.25) is 4.79 Å². The normalized spacial score (nSPS) is 10.3. The predicted octanol–water partition coefficient (Wildman–Crippen LogP) is 2.38. The molecule has 1 heterocycles. The van der Waals surface area contributed by atoms with Crippen molar-refractivity contribution in [2.45, 2.75) is 6.92 Å². The molecule has 0 radical (unpaired) electrons. The second-order valence-corrected chi connectivity index (χ2v) is 5.31. The number of aryl methyl sites for hydroxylation is 1. The maximum absolute atomic E-state index is 11.9. The largest absolute Gasteiger partial charge is 0.493 e. The fourth-order valence-corrected chi connectivity index (χ4v) is 2.18. The molecule has 7 heteroatoms. The fraction of sp³-hybridized carbons (Fsp3) is 0.286. The lowest BCUT2D eigenvalue weighted by atomic mass is 10.1. The highest BCUT2D eigenvalue weighted by Crippen LogP contribution is 2.40. The standard InChI is InChI=1S/C14H15IN2O4/c1-7-11(15)14(18)17-13(16-7)8-5-9(19-2)12(21-4)10(6-8)20-3/h5-6H,1-4H3,(H,16,17,18). The third kappa shape index (κ3) is 2.97. The predicted molar refractivity (Wildman–Crippen MR) is 87.4 cm³/mol. The Labute approximate surface area is 135 Å². The van der Waals surface area contributed by atoms with Crippen molar-refractivity contribution in [1.82, 2.24) is 9.97 Å². The second-order valence-electron chi connectivity index (χ2n) is 4.23. The van der Waals surface area contributed by atoms with Crippen LogP contribution in [0.1, 0.15) is 5.69 Å². The average molecular weight is 402 g/mol.